The number of hydrogen-bond acceptors (Lipinski definition) is 5. The van der Waals surface area contributed by atoms with Crippen molar-refractivity contribution in [2.75, 3.05) is 23.9 Å². The van der Waals surface area contributed by atoms with Gasteiger partial charge in [0.2, 0.25) is 0 Å². The zero-order chi connectivity index (χ0) is 12.8. The van der Waals surface area contributed by atoms with E-state index in [1.54, 1.807) is 24.8 Å². The molecular weight excluding hydrogens is 238 g/mol. The van der Waals surface area contributed by atoms with Gasteiger partial charge in [-0.3, -0.25) is 10.1 Å². The first-order valence-electron chi connectivity index (χ1n) is 5.38. The second-order valence-corrected chi connectivity index (χ2v) is 4.97. The van der Waals surface area contributed by atoms with Crippen molar-refractivity contribution in [1.29, 1.82) is 0 Å². The van der Waals surface area contributed by atoms with Gasteiger partial charge >= 0.3 is 0 Å². The summed E-state index contributed by atoms with van der Waals surface area (Å²) in [5.41, 5.74) is 0.692. The van der Waals surface area contributed by atoms with Crippen LogP contribution in [0.5, 0.6) is 0 Å². The van der Waals surface area contributed by atoms with Gasteiger partial charge in [0.1, 0.15) is 12.0 Å². The third kappa shape index (κ3) is 4.22. The molecule has 1 aromatic heterocycles. The molecule has 0 bridgehead atoms. The lowest BCUT2D eigenvalue weighted by Crippen LogP contribution is -2.14. The Labute approximate surface area is 105 Å². The van der Waals surface area contributed by atoms with Crippen LogP contribution in [0.1, 0.15) is 12.5 Å². The van der Waals surface area contributed by atoms with E-state index in [0.717, 1.165) is 12.3 Å². The van der Waals surface area contributed by atoms with E-state index in [4.69, 9.17) is 0 Å². The highest BCUT2D eigenvalue weighted by Gasteiger charge is 2.11. The van der Waals surface area contributed by atoms with Crippen LogP contribution in [0.4, 0.5) is 11.5 Å². The molecule has 0 aliphatic carbocycles. The van der Waals surface area contributed by atoms with Crippen molar-refractivity contribution in [2.45, 2.75) is 13.8 Å². The lowest BCUT2D eigenvalue weighted by Gasteiger charge is -2.11. The van der Waals surface area contributed by atoms with Crippen LogP contribution in [0.15, 0.2) is 12.3 Å². The number of nitrogens with one attached hydrogen (secondary N) is 1. The number of hydrogen-bond donors (Lipinski definition) is 1. The van der Waals surface area contributed by atoms with Crippen molar-refractivity contribution in [3.8, 4) is 0 Å². The third-order valence-electron chi connectivity index (χ3n) is 2.36. The summed E-state index contributed by atoms with van der Waals surface area (Å²) in [6.45, 7) is 4.70. The van der Waals surface area contributed by atoms with Gasteiger partial charge < -0.3 is 5.32 Å². The number of anilines is 1. The van der Waals surface area contributed by atoms with Gasteiger partial charge in [0.25, 0.3) is 5.69 Å². The maximum atomic E-state index is 10.6. The van der Waals surface area contributed by atoms with Crippen molar-refractivity contribution in [3.63, 3.8) is 0 Å². The zero-order valence-electron chi connectivity index (χ0n) is 10.3. The molecule has 17 heavy (non-hydrogen) atoms. The van der Waals surface area contributed by atoms with E-state index in [1.807, 2.05) is 0 Å². The van der Waals surface area contributed by atoms with E-state index in [2.05, 4.69) is 23.5 Å². The molecule has 0 saturated carbocycles. The number of thioether (sulfide) groups is 1. The Hall–Kier alpha value is -1.30. The Kier molecular flexibility index (Phi) is 5.21. The van der Waals surface area contributed by atoms with Gasteiger partial charge in [-0.25, -0.2) is 4.98 Å². The quantitative estimate of drug-likeness (QED) is 0.625. The SMILES string of the molecule is CSCC(C)CNc1cc(C)c([N+](=O)[O-])cn1. The van der Waals surface area contributed by atoms with Crippen LogP contribution in [-0.4, -0.2) is 28.5 Å². The molecule has 6 heteroatoms. The topological polar surface area (TPSA) is 68.1 Å². The number of aromatic nitrogens is 1. The van der Waals surface area contributed by atoms with Gasteiger partial charge in [0, 0.05) is 12.1 Å². The number of nitrogens with zero attached hydrogens (tertiary/aromatic N) is 2. The molecule has 0 aliphatic heterocycles. The van der Waals surface area contributed by atoms with Crippen molar-refractivity contribution in [2.24, 2.45) is 5.92 Å². The molecule has 94 valence electrons. The standard InChI is InChI=1S/C11H17N3O2S/c1-8(7-17-3)5-12-11-4-9(2)10(6-13-11)14(15)16/h4,6,8H,5,7H2,1-3H3,(H,12,13). The second kappa shape index (κ2) is 6.44. The number of nitro groups is 1. The summed E-state index contributed by atoms with van der Waals surface area (Å²) in [7, 11) is 0. The molecule has 5 nitrogen and oxygen atoms in total. The van der Waals surface area contributed by atoms with Crippen LogP contribution in [-0.2, 0) is 0 Å². The van der Waals surface area contributed by atoms with E-state index in [-0.39, 0.29) is 5.69 Å². The fourth-order valence-corrected chi connectivity index (χ4v) is 2.15. The van der Waals surface area contributed by atoms with Gasteiger partial charge in [0.05, 0.1) is 4.92 Å². The minimum atomic E-state index is -0.414. The number of pyridine rings is 1. The van der Waals surface area contributed by atoms with Crippen LogP contribution >= 0.6 is 11.8 Å². The van der Waals surface area contributed by atoms with Gasteiger partial charge in [-0.1, -0.05) is 6.92 Å². The van der Waals surface area contributed by atoms with Gasteiger partial charge in [-0.2, -0.15) is 11.8 Å². The van der Waals surface area contributed by atoms with E-state index >= 15 is 0 Å². The Bertz CT molecular complexity index is 398. The highest BCUT2D eigenvalue weighted by atomic mass is 32.2. The van der Waals surface area contributed by atoms with Crippen molar-refractivity contribution in [3.05, 3.63) is 27.9 Å². The van der Waals surface area contributed by atoms with Crippen molar-refractivity contribution < 1.29 is 4.92 Å². The van der Waals surface area contributed by atoms with Crippen LogP contribution in [0, 0.1) is 23.0 Å². The predicted octanol–water partition coefficient (Wildman–Crippen LogP) is 2.71. The molecule has 0 aliphatic rings. The van der Waals surface area contributed by atoms with Gasteiger partial charge in [-0.15, -0.1) is 0 Å². The molecule has 1 aromatic rings. The lowest BCUT2D eigenvalue weighted by atomic mass is 10.2. The van der Waals surface area contributed by atoms with E-state index < -0.39 is 4.92 Å². The summed E-state index contributed by atoms with van der Waals surface area (Å²) in [6.07, 6.45) is 3.38. The average Bonchev–Trinajstić information content (AvgIpc) is 2.26. The highest BCUT2D eigenvalue weighted by Crippen LogP contribution is 2.19. The molecule has 1 rings (SSSR count). The largest absolute Gasteiger partial charge is 0.370 e. The normalized spacial score (nSPS) is 12.2. The average molecular weight is 255 g/mol. The molecule has 0 saturated heterocycles. The Balaban J connectivity index is 2.62. The molecular formula is C11H17N3O2S. The summed E-state index contributed by atoms with van der Waals surface area (Å²) in [5.74, 6) is 2.32. The summed E-state index contributed by atoms with van der Waals surface area (Å²) < 4.78 is 0. The van der Waals surface area contributed by atoms with Crippen molar-refractivity contribution in [1.82, 2.24) is 4.98 Å². The summed E-state index contributed by atoms with van der Waals surface area (Å²) in [5, 5.41) is 13.8. The molecule has 1 unspecified atom stereocenters. The predicted molar refractivity (Wildman–Crippen MR) is 71.7 cm³/mol. The monoisotopic (exact) mass is 255 g/mol. The van der Waals surface area contributed by atoms with Crippen molar-refractivity contribution >= 4 is 23.3 Å². The van der Waals surface area contributed by atoms with Crippen LogP contribution in [0.3, 0.4) is 0 Å². The van der Waals surface area contributed by atoms with E-state index in [1.165, 1.54) is 6.20 Å². The minimum absolute atomic E-state index is 0.0627. The Morgan fingerprint density at radius 2 is 2.35 bits per heavy atom. The molecule has 0 radical (unpaired) electrons. The first kappa shape index (κ1) is 13.8. The highest BCUT2D eigenvalue weighted by molar-refractivity contribution is 7.98. The molecule has 1 heterocycles. The molecule has 0 spiro atoms. The third-order valence-corrected chi connectivity index (χ3v) is 3.27. The number of rotatable bonds is 6. The van der Waals surface area contributed by atoms with E-state index in [0.29, 0.717) is 17.3 Å². The smallest absolute Gasteiger partial charge is 0.290 e. The molecule has 1 N–H and O–H groups in total. The number of aryl methyl sites for hydroxylation is 1. The Morgan fingerprint density at radius 3 is 2.88 bits per heavy atom. The fourth-order valence-electron chi connectivity index (χ4n) is 1.46. The minimum Gasteiger partial charge on any atom is -0.370 e. The maximum absolute atomic E-state index is 10.6. The molecule has 0 aromatic carbocycles. The molecule has 0 amide bonds. The van der Waals surface area contributed by atoms with Crippen LogP contribution < -0.4 is 5.32 Å². The maximum Gasteiger partial charge on any atom is 0.290 e. The zero-order valence-corrected chi connectivity index (χ0v) is 11.1. The summed E-state index contributed by atoms with van der Waals surface area (Å²) >= 11 is 1.80. The summed E-state index contributed by atoms with van der Waals surface area (Å²) in [4.78, 5) is 14.2. The Morgan fingerprint density at radius 1 is 1.65 bits per heavy atom. The lowest BCUT2D eigenvalue weighted by molar-refractivity contribution is -0.385. The fraction of sp³-hybridized carbons (Fsp3) is 0.545. The second-order valence-electron chi connectivity index (χ2n) is 4.05. The molecule has 1 atom stereocenters. The first-order chi connectivity index (χ1) is 8.04. The van der Waals surface area contributed by atoms with Gasteiger partial charge in [0.15, 0.2) is 0 Å². The first-order valence-corrected chi connectivity index (χ1v) is 6.77. The molecule has 0 fully saturated rings. The summed E-state index contributed by atoms with van der Waals surface area (Å²) in [6, 6.07) is 1.71. The van der Waals surface area contributed by atoms with E-state index in [9.17, 15) is 10.1 Å². The van der Waals surface area contributed by atoms with Crippen LogP contribution in [0.25, 0.3) is 0 Å². The van der Waals surface area contributed by atoms with Gasteiger partial charge in [-0.05, 0) is 30.9 Å². The van der Waals surface area contributed by atoms with Crippen LogP contribution in [0.2, 0.25) is 0 Å².